The molecule has 0 aliphatic carbocycles. The number of para-hydroxylation sites is 1. The lowest BCUT2D eigenvalue weighted by Gasteiger charge is -2.31. The van der Waals surface area contributed by atoms with E-state index >= 15 is 0 Å². The van der Waals surface area contributed by atoms with Gasteiger partial charge in [-0.3, -0.25) is 4.79 Å². The van der Waals surface area contributed by atoms with Gasteiger partial charge in [-0.2, -0.15) is 0 Å². The van der Waals surface area contributed by atoms with Gasteiger partial charge in [0, 0.05) is 24.3 Å². The van der Waals surface area contributed by atoms with Gasteiger partial charge in [-0.1, -0.05) is 37.3 Å². The van der Waals surface area contributed by atoms with Gasteiger partial charge in [0.1, 0.15) is 5.75 Å². The third-order valence-electron chi connectivity index (χ3n) is 5.07. The van der Waals surface area contributed by atoms with Crippen LogP contribution in [0.4, 0.5) is 10.5 Å². The van der Waals surface area contributed by atoms with Crippen LogP contribution in [0.5, 0.6) is 5.75 Å². The van der Waals surface area contributed by atoms with Crippen LogP contribution in [0.15, 0.2) is 48.5 Å². The van der Waals surface area contributed by atoms with E-state index in [0.717, 1.165) is 41.8 Å². The Bertz CT molecular complexity index is 835. The molecule has 1 N–H and O–H groups in total. The number of benzene rings is 2. The van der Waals surface area contributed by atoms with Crippen molar-refractivity contribution in [2.24, 2.45) is 5.92 Å². The first kappa shape index (κ1) is 20.7. The van der Waals surface area contributed by atoms with Gasteiger partial charge in [-0.25, -0.2) is 4.79 Å². The molecule has 0 radical (unpaired) electrons. The number of carbonyl (C=O) groups excluding carboxylic acids is 2. The first-order chi connectivity index (χ1) is 14.1. The number of nitrogens with one attached hydrogen (secondary N) is 1. The van der Waals surface area contributed by atoms with Gasteiger partial charge in [0.2, 0.25) is 5.91 Å². The van der Waals surface area contributed by atoms with E-state index < -0.39 is 0 Å². The zero-order chi connectivity index (χ0) is 20.6. The van der Waals surface area contributed by atoms with Gasteiger partial charge in [0.25, 0.3) is 0 Å². The van der Waals surface area contributed by atoms with Crippen molar-refractivity contribution >= 4 is 17.7 Å². The molecule has 2 aromatic carbocycles. The van der Waals surface area contributed by atoms with E-state index in [1.807, 2.05) is 55.5 Å². The SMILES string of the molecule is CCCOC(=O)N1CCC[C@@H](C(=O)Nc2ccccc2-c2ccc(OC)cc2)C1. The van der Waals surface area contributed by atoms with Crippen molar-refractivity contribution < 1.29 is 19.1 Å². The number of nitrogens with zero attached hydrogens (tertiary/aromatic N) is 1. The lowest BCUT2D eigenvalue weighted by molar-refractivity contribution is -0.121. The summed E-state index contributed by atoms with van der Waals surface area (Å²) in [5.41, 5.74) is 2.70. The Kier molecular flexibility index (Phi) is 7.11. The van der Waals surface area contributed by atoms with Crippen LogP contribution in [0, 0.1) is 5.92 Å². The number of rotatable bonds is 6. The van der Waals surface area contributed by atoms with E-state index in [4.69, 9.17) is 9.47 Å². The minimum absolute atomic E-state index is 0.0704. The number of carbonyl (C=O) groups is 2. The van der Waals surface area contributed by atoms with Crippen LogP contribution in [0.1, 0.15) is 26.2 Å². The lowest BCUT2D eigenvalue weighted by atomic mass is 9.96. The average Bonchev–Trinajstić information content (AvgIpc) is 2.78. The molecule has 6 heteroatoms. The highest BCUT2D eigenvalue weighted by Crippen LogP contribution is 2.30. The Hall–Kier alpha value is -3.02. The maximum absolute atomic E-state index is 12.9. The van der Waals surface area contributed by atoms with E-state index in [0.29, 0.717) is 19.7 Å². The third-order valence-corrected chi connectivity index (χ3v) is 5.07. The highest BCUT2D eigenvalue weighted by molar-refractivity contribution is 5.97. The number of likely N-dealkylation sites (tertiary alicyclic amines) is 1. The summed E-state index contributed by atoms with van der Waals surface area (Å²) in [7, 11) is 1.63. The maximum atomic E-state index is 12.9. The van der Waals surface area contributed by atoms with Crippen molar-refractivity contribution in [1.29, 1.82) is 0 Å². The van der Waals surface area contributed by atoms with Crippen LogP contribution in [0.3, 0.4) is 0 Å². The summed E-state index contributed by atoms with van der Waals surface area (Å²) in [6, 6.07) is 15.5. The Morgan fingerprint density at radius 3 is 2.62 bits per heavy atom. The fourth-order valence-corrected chi connectivity index (χ4v) is 3.49. The molecule has 3 rings (SSSR count). The monoisotopic (exact) mass is 396 g/mol. The van der Waals surface area contributed by atoms with Gasteiger partial charge in [0.15, 0.2) is 0 Å². The van der Waals surface area contributed by atoms with E-state index in [-0.39, 0.29) is 17.9 Å². The smallest absolute Gasteiger partial charge is 0.409 e. The van der Waals surface area contributed by atoms with Crippen LogP contribution in [0.2, 0.25) is 0 Å². The second-order valence-corrected chi connectivity index (χ2v) is 7.16. The van der Waals surface area contributed by atoms with Crippen molar-refractivity contribution in [3.05, 3.63) is 48.5 Å². The van der Waals surface area contributed by atoms with Crippen molar-refractivity contribution in [2.75, 3.05) is 32.1 Å². The van der Waals surface area contributed by atoms with Gasteiger partial charge < -0.3 is 19.7 Å². The molecule has 0 unspecified atom stereocenters. The summed E-state index contributed by atoms with van der Waals surface area (Å²) in [4.78, 5) is 26.7. The summed E-state index contributed by atoms with van der Waals surface area (Å²) in [6.07, 6.45) is 2.00. The zero-order valence-electron chi connectivity index (χ0n) is 17.0. The van der Waals surface area contributed by atoms with Crippen molar-refractivity contribution in [3.63, 3.8) is 0 Å². The highest BCUT2D eigenvalue weighted by Gasteiger charge is 2.29. The van der Waals surface area contributed by atoms with E-state index in [9.17, 15) is 9.59 Å². The van der Waals surface area contributed by atoms with E-state index in [2.05, 4.69) is 5.32 Å². The molecule has 1 saturated heterocycles. The minimum atomic E-state index is -0.331. The molecule has 0 saturated carbocycles. The molecule has 1 atom stereocenters. The summed E-state index contributed by atoms with van der Waals surface area (Å²) >= 11 is 0. The van der Waals surface area contributed by atoms with Gasteiger partial charge in [0.05, 0.1) is 19.6 Å². The molecule has 1 aliphatic rings. The molecule has 0 bridgehead atoms. The Labute approximate surface area is 171 Å². The number of piperidine rings is 1. The Balaban J connectivity index is 1.69. The maximum Gasteiger partial charge on any atom is 0.409 e. The average molecular weight is 396 g/mol. The fourth-order valence-electron chi connectivity index (χ4n) is 3.49. The van der Waals surface area contributed by atoms with Gasteiger partial charge in [-0.05, 0) is 43.0 Å². The second-order valence-electron chi connectivity index (χ2n) is 7.16. The summed E-state index contributed by atoms with van der Waals surface area (Å²) in [5.74, 6) is 0.466. The molecular formula is C23H28N2O4. The summed E-state index contributed by atoms with van der Waals surface area (Å²) in [6.45, 7) is 3.38. The number of ether oxygens (including phenoxy) is 2. The topological polar surface area (TPSA) is 67.9 Å². The number of amides is 2. The highest BCUT2D eigenvalue weighted by atomic mass is 16.6. The Morgan fingerprint density at radius 2 is 1.90 bits per heavy atom. The zero-order valence-corrected chi connectivity index (χ0v) is 17.0. The molecule has 1 aliphatic heterocycles. The molecule has 1 heterocycles. The largest absolute Gasteiger partial charge is 0.497 e. The quantitative estimate of drug-likeness (QED) is 0.777. The van der Waals surface area contributed by atoms with Crippen LogP contribution >= 0.6 is 0 Å². The molecule has 2 aromatic rings. The molecule has 1 fully saturated rings. The third kappa shape index (κ3) is 5.28. The van der Waals surface area contributed by atoms with Gasteiger partial charge in [-0.15, -0.1) is 0 Å². The van der Waals surface area contributed by atoms with Crippen molar-refractivity contribution in [2.45, 2.75) is 26.2 Å². The molecule has 29 heavy (non-hydrogen) atoms. The fraction of sp³-hybridized carbons (Fsp3) is 0.391. The lowest BCUT2D eigenvalue weighted by Crippen LogP contribution is -2.44. The van der Waals surface area contributed by atoms with Crippen LogP contribution < -0.4 is 10.1 Å². The first-order valence-electron chi connectivity index (χ1n) is 10.1. The predicted octanol–water partition coefficient (Wildman–Crippen LogP) is 4.56. The number of anilines is 1. The second kappa shape index (κ2) is 9.96. The molecule has 0 spiro atoms. The Morgan fingerprint density at radius 1 is 1.14 bits per heavy atom. The number of hydrogen-bond acceptors (Lipinski definition) is 4. The predicted molar refractivity (Wildman–Crippen MR) is 113 cm³/mol. The molecule has 2 amide bonds. The number of methoxy groups -OCH3 is 1. The minimum Gasteiger partial charge on any atom is -0.497 e. The van der Waals surface area contributed by atoms with Crippen molar-refractivity contribution in [3.8, 4) is 16.9 Å². The first-order valence-corrected chi connectivity index (χ1v) is 10.1. The standard InChI is InChI=1S/C23H28N2O4/c1-3-15-29-23(27)25-14-6-7-18(16-25)22(26)24-21-9-5-4-8-20(21)17-10-12-19(28-2)13-11-17/h4-5,8-13,18H,3,6-7,14-16H2,1-2H3,(H,24,26)/t18-/m1/s1. The molecule has 0 aromatic heterocycles. The van der Waals surface area contributed by atoms with E-state index in [1.165, 1.54) is 0 Å². The molecule has 154 valence electrons. The van der Waals surface area contributed by atoms with Crippen LogP contribution in [0.25, 0.3) is 11.1 Å². The normalized spacial score (nSPS) is 16.2. The number of hydrogen-bond donors (Lipinski definition) is 1. The molecular weight excluding hydrogens is 368 g/mol. The van der Waals surface area contributed by atoms with Gasteiger partial charge >= 0.3 is 6.09 Å². The molecule has 6 nitrogen and oxygen atoms in total. The van der Waals surface area contributed by atoms with Crippen LogP contribution in [-0.2, 0) is 9.53 Å². The van der Waals surface area contributed by atoms with Crippen molar-refractivity contribution in [1.82, 2.24) is 4.90 Å². The van der Waals surface area contributed by atoms with Crippen LogP contribution in [-0.4, -0.2) is 43.7 Å². The van der Waals surface area contributed by atoms with E-state index in [1.54, 1.807) is 12.0 Å². The summed E-state index contributed by atoms with van der Waals surface area (Å²) in [5, 5.41) is 3.06. The summed E-state index contributed by atoms with van der Waals surface area (Å²) < 4.78 is 10.4.